The Bertz CT molecular complexity index is 720. The molecule has 0 saturated heterocycles. The lowest BCUT2D eigenvalue weighted by Crippen LogP contribution is -2.13. The molecule has 0 N–H and O–H groups in total. The number of hydrogen-bond donors (Lipinski definition) is 0. The van der Waals surface area contributed by atoms with Crippen molar-refractivity contribution in [1.82, 2.24) is 0 Å². The lowest BCUT2D eigenvalue weighted by atomic mass is 9.77. The van der Waals surface area contributed by atoms with Crippen LogP contribution in [0.2, 0.25) is 0 Å². The summed E-state index contributed by atoms with van der Waals surface area (Å²) in [5, 5.41) is 0. The second-order valence-corrected chi connectivity index (χ2v) is 10.0. The SMILES string of the molecule is CC(C)CCC(C)c1ccc(-c2ccc(C3CCC(CCCCF)CC3)cc2)cc1. The third kappa shape index (κ3) is 6.69. The summed E-state index contributed by atoms with van der Waals surface area (Å²) in [5.41, 5.74) is 5.59. The maximum Gasteiger partial charge on any atom is 0.0894 e. The number of benzene rings is 2. The van der Waals surface area contributed by atoms with Gasteiger partial charge < -0.3 is 0 Å². The molecule has 0 spiro atoms. The Morgan fingerprint density at radius 1 is 0.767 bits per heavy atom. The van der Waals surface area contributed by atoms with Gasteiger partial charge in [-0.25, -0.2) is 0 Å². The number of rotatable bonds is 10. The Balaban J connectivity index is 1.53. The molecule has 2 aromatic carbocycles. The van der Waals surface area contributed by atoms with Gasteiger partial charge in [0.15, 0.2) is 0 Å². The van der Waals surface area contributed by atoms with Gasteiger partial charge in [-0.2, -0.15) is 0 Å². The van der Waals surface area contributed by atoms with E-state index in [0.29, 0.717) is 11.8 Å². The molecular weight excluding hydrogens is 367 g/mol. The summed E-state index contributed by atoms with van der Waals surface area (Å²) in [6.07, 6.45) is 10.8. The Morgan fingerprint density at radius 3 is 1.93 bits per heavy atom. The molecule has 0 nitrogen and oxygen atoms in total. The normalized spacial score (nSPS) is 20.4. The first-order valence-electron chi connectivity index (χ1n) is 12.3. The van der Waals surface area contributed by atoms with Crippen molar-refractivity contribution in [3.63, 3.8) is 0 Å². The van der Waals surface area contributed by atoms with E-state index in [2.05, 4.69) is 69.3 Å². The number of halogens is 1. The summed E-state index contributed by atoms with van der Waals surface area (Å²) < 4.78 is 12.3. The second kappa shape index (κ2) is 11.7. The van der Waals surface area contributed by atoms with E-state index in [1.54, 1.807) is 0 Å². The van der Waals surface area contributed by atoms with Crippen LogP contribution < -0.4 is 0 Å². The third-order valence-electron chi connectivity index (χ3n) is 7.21. The third-order valence-corrected chi connectivity index (χ3v) is 7.21. The molecule has 1 fully saturated rings. The molecule has 0 amide bonds. The van der Waals surface area contributed by atoms with Crippen LogP contribution >= 0.6 is 0 Å². The molecule has 1 atom stereocenters. The maximum absolute atomic E-state index is 12.3. The van der Waals surface area contributed by atoms with E-state index < -0.39 is 0 Å². The summed E-state index contributed by atoms with van der Waals surface area (Å²) >= 11 is 0. The van der Waals surface area contributed by atoms with Crippen LogP contribution in [-0.2, 0) is 0 Å². The molecule has 0 aromatic heterocycles. The fourth-order valence-electron chi connectivity index (χ4n) is 5.01. The first-order valence-corrected chi connectivity index (χ1v) is 12.3. The van der Waals surface area contributed by atoms with Crippen molar-refractivity contribution in [3.8, 4) is 11.1 Å². The van der Waals surface area contributed by atoms with Gasteiger partial charge in [-0.3, -0.25) is 4.39 Å². The Hall–Kier alpha value is -1.63. The summed E-state index contributed by atoms with van der Waals surface area (Å²) in [7, 11) is 0. The van der Waals surface area contributed by atoms with Crippen LogP contribution in [0.15, 0.2) is 48.5 Å². The van der Waals surface area contributed by atoms with Crippen LogP contribution in [-0.4, -0.2) is 6.67 Å². The fraction of sp³-hybridized carbons (Fsp3) is 0.586. The zero-order valence-electron chi connectivity index (χ0n) is 19.4. The molecule has 0 radical (unpaired) electrons. The van der Waals surface area contributed by atoms with Crippen molar-refractivity contribution in [2.45, 2.75) is 90.4 Å². The van der Waals surface area contributed by atoms with E-state index in [9.17, 15) is 4.39 Å². The van der Waals surface area contributed by atoms with E-state index >= 15 is 0 Å². The maximum atomic E-state index is 12.3. The Morgan fingerprint density at radius 2 is 1.37 bits per heavy atom. The van der Waals surface area contributed by atoms with Gasteiger partial charge in [0.05, 0.1) is 6.67 Å². The second-order valence-electron chi connectivity index (χ2n) is 10.0. The largest absolute Gasteiger partial charge is 0.251 e. The lowest BCUT2D eigenvalue weighted by molar-refractivity contribution is 0.298. The molecule has 1 unspecified atom stereocenters. The first-order chi connectivity index (χ1) is 14.6. The zero-order chi connectivity index (χ0) is 21.3. The monoisotopic (exact) mass is 408 g/mol. The van der Waals surface area contributed by atoms with E-state index in [1.165, 1.54) is 67.2 Å². The van der Waals surface area contributed by atoms with Crippen LogP contribution in [0.4, 0.5) is 4.39 Å². The summed E-state index contributed by atoms with van der Waals surface area (Å²) in [6, 6.07) is 18.5. The average Bonchev–Trinajstić information content (AvgIpc) is 2.78. The van der Waals surface area contributed by atoms with Crippen LogP contribution in [0.1, 0.15) is 102 Å². The predicted octanol–water partition coefficient (Wildman–Crippen LogP) is 9.31. The highest BCUT2D eigenvalue weighted by molar-refractivity contribution is 5.64. The molecule has 2 aromatic rings. The topological polar surface area (TPSA) is 0 Å². The molecule has 1 saturated carbocycles. The first kappa shape index (κ1) is 23.0. The van der Waals surface area contributed by atoms with Crippen LogP contribution in [0.5, 0.6) is 0 Å². The number of hydrogen-bond acceptors (Lipinski definition) is 0. The van der Waals surface area contributed by atoms with Crippen molar-refractivity contribution in [2.24, 2.45) is 11.8 Å². The highest BCUT2D eigenvalue weighted by Gasteiger charge is 2.22. The highest BCUT2D eigenvalue weighted by Crippen LogP contribution is 2.38. The van der Waals surface area contributed by atoms with Gasteiger partial charge in [-0.15, -0.1) is 0 Å². The molecule has 164 valence electrons. The van der Waals surface area contributed by atoms with Crippen molar-refractivity contribution in [1.29, 1.82) is 0 Å². The predicted molar refractivity (Wildman–Crippen MR) is 129 cm³/mol. The summed E-state index contributed by atoms with van der Waals surface area (Å²) in [4.78, 5) is 0. The van der Waals surface area contributed by atoms with Crippen LogP contribution in [0.3, 0.4) is 0 Å². The molecular formula is C29H41F. The lowest BCUT2D eigenvalue weighted by Gasteiger charge is -2.29. The van der Waals surface area contributed by atoms with Crippen molar-refractivity contribution >= 4 is 0 Å². The van der Waals surface area contributed by atoms with E-state index in [0.717, 1.165) is 24.7 Å². The molecule has 3 rings (SSSR count). The van der Waals surface area contributed by atoms with Gasteiger partial charge in [0.2, 0.25) is 0 Å². The Labute approximate surface area is 184 Å². The minimum absolute atomic E-state index is 0.151. The van der Waals surface area contributed by atoms with Gasteiger partial charge in [0.25, 0.3) is 0 Å². The standard InChI is InChI=1S/C29H41F/c1-22(2)7-8-23(3)25-13-15-27(16-14-25)29-19-17-28(18-20-29)26-11-9-24(10-12-26)6-4-5-21-30/h13-20,22-24,26H,4-12,21H2,1-3H3. The summed E-state index contributed by atoms with van der Waals surface area (Å²) in [6.45, 7) is 6.81. The van der Waals surface area contributed by atoms with Gasteiger partial charge in [-0.1, -0.05) is 88.6 Å². The zero-order valence-corrected chi connectivity index (χ0v) is 19.4. The molecule has 0 aliphatic heterocycles. The van der Waals surface area contributed by atoms with Crippen LogP contribution in [0, 0.1) is 11.8 Å². The quantitative estimate of drug-likeness (QED) is 0.343. The van der Waals surface area contributed by atoms with Crippen molar-refractivity contribution < 1.29 is 4.39 Å². The molecule has 0 bridgehead atoms. The van der Waals surface area contributed by atoms with E-state index in [1.807, 2.05) is 0 Å². The molecule has 1 aliphatic carbocycles. The highest BCUT2D eigenvalue weighted by atomic mass is 19.1. The van der Waals surface area contributed by atoms with Gasteiger partial charge in [0.1, 0.15) is 0 Å². The van der Waals surface area contributed by atoms with E-state index in [4.69, 9.17) is 0 Å². The smallest absolute Gasteiger partial charge is 0.0894 e. The molecule has 1 heteroatoms. The minimum Gasteiger partial charge on any atom is -0.251 e. The minimum atomic E-state index is -0.151. The summed E-state index contributed by atoms with van der Waals surface area (Å²) in [5.74, 6) is 2.95. The van der Waals surface area contributed by atoms with Gasteiger partial charge >= 0.3 is 0 Å². The fourth-order valence-corrected chi connectivity index (χ4v) is 5.01. The van der Waals surface area contributed by atoms with E-state index in [-0.39, 0.29) is 6.67 Å². The molecule has 30 heavy (non-hydrogen) atoms. The molecule has 1 aliphatic rings. The van der Waals surface area contributed by atoms with Gasteiger partial charge in [-0.05, 0) is 84.5 Å². The van der Waals surface area contributed by atoms with Crippen LogP contribution in [0.25, 0.3) is 11.1 Å². The van der Waals surface area contributed by atoms with Gasteiger partial charge in [0, 0.05) is 0 Å². The average molecular weight is 409 g/mol. The number of unbranched alkanes of at least 4 members (excludes halogenated alkanes) is 1. The van der Waals surface area contributed by atoms with Crippen molar-refractivity contribution in [3.05, 3.63) is 59.7 Å². The van der Waals surface area contributed by atoms with Crippen molar-refractivity contribution in [2.75, 3.05) is 6.67 Å². The molecule has 0 heterocycles. The Kier molecular flexibility index (Phi) is 8.97. The number of alkyl halides is 1.